The van der Waals surface area contributed by atoms with E-state index in [-0.39, 0.29) is 37.4 Å². The van der Waals surface area contributed by atoms with Crippen LogP contribution in [0.3, 0.4) is 0 Å². The van der Waals surface area contributed by atoms with Gasteiger partial charge in [-0.3, -0.25) is 9.59 Å². The molecule has 3 N–H and O–H groups in total. The number of fused-ring (bicyclic) bond motifs is 1. The van der Waals surface area contributed by atoms with Gasteiger partial charge < -0.3 is 30.5 Å². The van der Waals surface area contributed by atoms with Crippen LogP contribution in [0.5, 0.6) is 0 Å². The van der Waals surface area contributed by atoms with Crippen molar-refractivity contribution in [2.24, 2.45) is 0 Å². The highest BCUT2D eigenvalue weighted by atomic mass is 19.4. The predicted molar refractivity (Wildman–Crippen MR) is 162 cm³/mol. The van der Waals surface area contributed by atoms with Crippen LogP contribution in [0, 0.1) is 0 Å². The standard InChI is InChI=1S/C32H40F3N5O3/c1-22(21-43-3)37-19-24-17-25(32(33,34)35)11-12-29(24)39-13-15-40(16-14-39)31(42)18-28(38-30(41)20-36-2)27-10-6-8-23-7-4-5-9-26(23)27/h4-12,17,22,28,36-37H,13-16,18-21H2,1-3H3,(H,38,41). The van der Waals surface area contributed by atoms with Gasteiger partial charge in [-0.15, -0.1) is 0 Å². The van der Waals surface area contributed by atoms with E-state index < -0.39 is 17.8 Å². The number of ether oxygens (including phenoxy) is 1. The van der Waals surface area contributed by atoms with E-state index in [0.717, 1.165) is 22.4 Å². The van der Waals surface area contributed by atoms with Crippen LogP contribution in [-0.2, 0) is 27.0 Å². The molecule has 43 heavy (non-hydrogen) atoms. The Kier molecular flexibility index (Phi) is 11.0. The third-order valence-corrected chi connectivity index (χ3v) is 7.69. The van der Waals surface area contributed by atoms with Crippen molar-refractivity contribution in [1.29, 1.82) is 0 Å². The summed E-state index contributed by atoms with van der Waals surface area (Å²) < 4.78 is 45.7. The molecule has 0 saturated carbocycles. The van der Waals surface area contributed by atoms with E-state index in [4.69, 9.17) is 4.74 Å². The fraction of sp³-hybridized carbons (Fsp3) is 0.438. The van der Waals surface area contributed by atoms with Gasteiger partial charge in [-0.1, -0.05) is 42.5 Å². The predicted octanol–water partition coefficient (Wildman–Crippen LogP) is 4.10. The minimum Gasteiger partial charge on any atom is -0.383 e. The number of methoxy groups -OCH3 is 1. The number of nitrogens with one attached hydrogen (secondary N) is 3. The summed E-state index contributed by atoms with van der Waals surface area (Å²) in [6.45, 7) is 4.51. The fourth-order valence-electron chi connectivity index (χ4n) is 5.50. The van der Waals surface area contributed by atoms with Crippen LogP contribution in [0.1, 0.15) is 36.1 Å². The molecule has 2 amide bonds. The van der Waals surface area contributed by atoms with Crippen molar-refractivity contribution >= 4 is 28.3 Å². The molecule has 3 aromatic carbocycles. The number of halogens is 3. The van der Waals surface area contributed by atoms with E-state index in [1.165, 1.54) is 12.1 Å². The summed E-state index contributed by atoms with van der Waals surface area (Å²) >= 11 is 0. The maximum atomic E-state index is 13.6. The molecule has 1 aliphatic heterocycles. The van der Waals surface area contributed by atoms with Gasteiger partial charge in [0.05, 0.1) is 31.2 Å². The molecular formula is C32H40F3N5O3. The van der Waals surface area contributed by atoms with Crippen LogP contribution in [0.2, 0.25) is 0 Å². The van der Waals surface area contributed by atoms with Gasteiger partial charge in [0.25, 0.3) is 0 Å². The zero-order valence-electron chi connectivity index (χ0n) is 24.8. The molecule has 1 aliphatic rings. The molecule has 1 fully saturated rings. The molecule has 2 atom stereocenters. The molecule has 0 bridgehead atoms. The van der Waals surface area contributed by atoms with Crippen LogP contribution in [-0.4, -0.2) is 76.2 Å². The van der Waals surface area contributed by atoms with E-state index in [1.807, 2.05) is 54.3 Å². The van der Waals surface area contributed by atoms with Crippen LogP contribution in [0.15, 0.2) is 60.7 Å². The zero-order chi connectivity index (χ0) is 31.0. The molecule has 1 heterocycles. The van der Waals surface area contributed by atoms with Gasteiger partial charge in [0.15, 0.2) is 0 Å². The molecule has 0 radical (unpaired) electrons. The summed E-state index contributed by atoms with van der Waals surface area (Å²) in [6.07, 6.45) is -4.35. The van der Waals surface area contributed by atoms with Gasteiger partial charge in [0.2, 0.25) is 11.8 Å². The largest absolute Gasteiger partial charge is 0.416 e. The maximum Gasteiger partial charge on any atom is 0.416 e. The molecule has 4 rings (SSSR count). The number of likely N-dealkylation sites (N-methyl/N-ethyl adjacent to an activating group) is 1. The van der Waals surface area contributed by atoms with Crippen LogP contribution in [0.4, 0.5) is 18.9 Å². The van der Waals surface area contributed by atoms with Crippen LogP contribution >= 0.6 is 0 Å². The summed E-state index contributed by atoms with van der Waals surface area (Å²) in [6, 6.07) is 17.0. The van der Waals surface area contributed by atoms with Gasteiger partial charge in [0.1, 0.15) is 0 Å². The molecule has 0 aliphatic carbocycles. The number of hydrogen-bond acceptors (Lipinski definition) is 6. The molecule has 1 saturated heterocycles. The SMILES string of the molecule is CNCC(=O)NC(CC(=O)N1CCN(c2ccc(C(F)(F)F)cc2CNC(C)COC)CC1)c1cccc2ccccc12. The molecular weight excluding hydrogens is 559 g/mol. The van der Waals surface area contributed by atoms with Gasteiger partial charge in [-0.05, 0) is 54.1 Å². The van der Waals surface area contributed by atoms with Crippen molar-refractivity contribution in [3.63, 3.8) is 0 Å². The van der Waals surface area contributed by atoms with Crippen molar-refractivity contribution in [3.8, 4) is 0 Å². The highest BCUT2D eigenvalue weighted by molar-refractivity contribution is 5.88. The molecule has 11 heteroatoms. The lowest BCUT2D eigenvalue weighted by atomic mass is 9.96. The zero-order valence-corrected chi connectivity index (χ0v) is 24.8. The smallest absolute Gasteiger partial charge is 0.383 e. The minimum absolute atomic E-state index is 0.0369. The first-order valence-corrected chi connectivity index (χ1v) is 14.5. The Morgan fingerprint density at radius 2 is 1.72 bits per heavy atom. The van der Waals surface area contributed by atoms with Gasteiger partial charge in [0, 0.05) is 51.6 Å². The van der Waals surface area contributed by atoms with E-state index >= 15 is 0 Å². The number of carbonyl (C=O) groups excluding carboxylic acids is 2. The Balaban J connectivity index is 1.48. The number of alkyl halides is 3. The Bertz CT molecular complexity index is 1390. The van der Waals surface area contributed by atoms with E-state index in [0.29, 0.717) is 44.0 Å². The number of piperazine rings is 1. The monoisotopic (exact) mass is 599 g/mol. The third kappa shape index (κ3) is 8.46. The Hall–Kier alpha value is -3.67. The lowest BCUT2D eigenvalue weighted by Gasteiger charge is -2.38. The van der Waals surface area contributed by atoms with Crippen molar-refractivity contribution in [2.75, 3.05) is 58.4 Å². The summed E-state index contributed by atoms with van der Waals surface area (Å²) in [5.74, 6) is -0.300. The third-order valence-electron chi connectivity index (χ3n) is 7.69. The quantitative estimate of drug-likeness (QED) is 0.291. The molecule has 0 aromatic heterocycles. The summed E-state index contributed by atoms with van der Waals surface area (Å²) in [5.41, 5.74) is 1.44. The van der Waals surface area contributed by atoms with Crippen LogP contribution in [0.25, 0.3) is 10.8 Å². The second-order valence-electron chi connectivity index (χ2n) is 10.9. The highest BCUT2D eigenvalue weighted by Crippen LogP contribution is 2.34. The molecule has 0 spiro atoms. The number of rotatable bonds is 12. The maximum absolute atomic E-state index is 13.6. The second kappa shape index (κ2) is 14.7. The Morgan fingerprint density at radius 3 is 2.42 bits per heavy atom. The Labute approximate surface area is 250 Å². The highest BCUT2D eigenvalue weighted by Gasteiger charge is 2.32. The van der Waals surface area contributed by atoms with E-state index in [9.17, 15) is 22.8 Å². The van der Waals surface area contributed by atoms with Crippen molar-refractivity contribution in [1.82, 2.24) is 20.9 Å². The first-order chi connectivity index (χ1) is 20.6. The number of hydrogen-bond donors (Lipinski definition) is 3. The molecule has 2 unspecified atom stereocenters. The van der Waals surface area contributed by atoms with Crippen molar-refractivity contribution in [2.45, 2.75) is 38.1 Å². The summed E-state index contributed by atoms with van der Waals surface area (Å²) in [7, 11) is 3.27. The number of anilines is 1. The normalized spacial score (nSPS) is 15.4. The summed E-state index contributed by atoms with van der Waals surface area (Å²) in [5, 5.41) is 11.1. The van der Waals surface area contributed by atoms with Crippen molar-refractivity contribution < 1.29 is 27.5 Å². The lowest BCUT2D eigenvalue weighted by molar-refractivity contribution is -0.137. The number of carbonyl (C=O) groups is 2. The van der Waals surface area contributed by atoms with E-state index in [2.05, 4.69) is 16.0 Å². The first-order valence-electron chi connectivity index (χ1n) is 14.5. The number of amides is 2. The van der Waals surface area contributed by atoms with Gasteiger partial charge in [-0.2, -0.15) is 13.2 Å². The van der Waals surface area contributed by atoms with Gasteiger partial charge in [-0.25, -0.2) is 0 Å². The molecule has 3 aromatic rings. The van der Waals surface area contributed by atoms with Gasteiger partial charge >= 0.3 is 6.18 Å². The first kappa shape index (κ1) is 32.2. The number of nitrogens with zero attached hydrogens (tertiary/aromatic N) is 2. The molecule has 232 valence electrons. The average Bonchev–Trinajstić information content (AvgIpc) is 2.99. The second-order valence-corrected chi connectivity index (χ2v) is 10.9. The van der Waals surface area contributed by atoms with E-state index in [1.54, 1.807) is 19.1 Å². The Morgan fingerprint density at radius 1 is 1.00 bits per heavy atom. The molecule has 8 nitrogen and oxygen atoms in total. The van der Waals surface area contributed by atoms with Crippen molar-refractivity contribution in [3.05, 3.63) is 77.4 Å². The fourth-order valence-corrected chi connectivity index (χ4v) is 5.50. The minimum atomic E-state index is -4.44. The summed E-state index contributed by atoms with van der Waals surface area (Å²) in [4.78, 5) is 29.9. The number of benzene rings is 3. The topological polar surface area (TPSA) is 85.9 Å². The average molecular weight is 600 g/mol. The lowest BCUT2D eigenvalue weighted by Crippen LogP contribution is -2.50. The van der Waals surface area contributed by atoms with Crippen LogP contribution < -0.4 is 20.9 Å².